The number of hydrogen-bond donors (Lipinski definition) is 1. The van der Waals surface area contributed by atoms with Crippen LogP contribution in [0.25, 0.3) is 0 Å². The van der Waals surface area contributed by atoms with Crippen LogP contribution in [0.5, 0.6) is 0 Å². The first-order valence-electron chi connectivity index (χ1n) is 6.81. The Morgan fingerprint density at radius 2 is 2.17 bits per heavy atom. The topological polar surface area (TPSA) is 28.2 Å². The lowest BCUT2D eigenvalue weighted by Crippen LogP contribution is -2.24. The predicted molar refractivity (Wildman–Crippen MR) is 79.0 cm³/mol. The summed E-state index contributed by atoms with van der Waals surface area (Å²) in [5.74, 6) is 0. The summed E-state index contributed by atoms with van der Waals surface area (Å²) in [5.41, 5.74) is 2.28. The third kappa shape index (κ3) is 3.84. The predicted octanol–water partition coefficient (Wildman–Crippen LogP) is 3.15. The van der Waals surface area contributed by atoms with E-state index in [4.69, 9.17) is 0 Å². The Labute approximate surface area is 111 Å². The normalized spacial score (nSPS) is 12.2. The van der Waals surface area contributed by atoms with Gasteiger partial charge in [0.15, 0.2) is 0 Å². The molecule has 0 fully saturated rings. The second kappa shape index (κ2) is 7.88. The van der Waals surface area contributed by atoms with Crippen LogP contribution in [0.3, 0.4) is 0 Å². The minimum Gasteiger partial charge on any atom is -0.367 e. The van der Waals surface area contributed by atoms with Gasteiger partial charge < -0.3 is 10.2 Å². The Balaban J connectivity index is 2.80. The van der Waals surface area contributed by atoms with E-state index in [9.17, 15) is 0 Å². The number of hydrogen-bond acceptors (Lipinski definition) is 3. The lowest BCUT2D eigenvalue weighted by atomic mass is 10.1. The maximum absolute atomic E-state index is 4.58. The zero-order chi connectivity index (χ0) is 13.4. The Morgan fingerprint density at radius 1 is 1.39 bits per heavy atom. The second-order valence-electron chi connectivity index (χ2n) is 4.29. The number of anilines is 1. The summed E-state index contributed by atoms with van der Waals surface area (Å²) in [6, 6.07) is 4.63. The van der Waals surface area contributed by atoms with Crippen molar-refractivity contribution in [2.75, 3.05) is 24.5 Å². The molecule has 0 aliphatic rings. The van der Waals surface area contributed by atoms with Gasteiger partial charge in [0.05, 0.1) is 17.6 Å². The summed E-state index contributed by atoms with van der Waals surface area (Å²) in [7, 11) is 0. The van der Waals surface area contributed by atoms with Crippen LogP contribution in [0.15, 0.2) is 31.0 Å². The van der Waals surface area contributed by atoms with Crippen molar-refractivity contribution in [3.8, 4) is 0 Å². The number of pyridine rings is 1. The van der Waals surface area contributed by atoms with Gasteiger partial charge in [-0.1, -0.05) is 19.9 Å². The van der Waals surface area contributed by atoms with E-state index in [1.165, 1.54) is 0 Å². The lowest BCUT2D eigenvalue weighted by molar-refractivity contribution is 0.525. The van der Waals surface area contributed by atoms with Gasteiger partial charge in [-0.25, -0.2) is 0 Å². The number of likely N-dealkylation sites (N-methyl/N-ethyl adjacent to an activating group) is 1. The molecule has 0 aliphatic carbocycles. The lowest BCUT2D eigenvalue weighted by Gasteiger charge is -2.22. The van der Waals surface area contributed by atoms with Gasteiger partial charge in [-0.05, 0) is 32.0 Å². The van der Waals surface area contributed by atoms with E-state index in [1.54, 1.807) is 0 Å². The molecule has 3 nitrogen and oxygen atoms in total. The Hall–Kier alpha value is -1.35. The highest BCUT2D eigenvalue weighted by Gasteiger charge is 2.10. The molecule has 0 saturated heterocycles. The highest BCUT2D eigenvalue weighted by atomic mass is 15.1. The van der Waals surface area contributed by atoms with Gasteiger partial charge in [-0.3, -0.25) is 4.98 Å². The fraction of sp³-hybridized carbons (Fsp3) is 0.533. The summed E-state index contributed by atoms with van der Waals surface area (Å²) in [5, 5.41) is 3.44. The second-order valence-corrected chi connectivity index (χ2v) is 4.29. The van der Waals surface area contributed by atoms with E-state index < -0.39 is 0 Å². The van der Waals surface area contributed by atoms with Gasteiger partial charge in [0.1, 0.15) is 0 Å². The largest absolute Gasteiger partial charge is 0.367 e. The van der Waals surface area contributed by atoms with E-state index in [0.29, 0.717) is 6.04 Å². The Kier molecular flexibility index (Phi) is 6.44. The molecule has 0 aromatic carbocycles. The van der Waals surface area contributed by atoms with Crippen molar-refractivity contribution in [3.05, 3.63) is 36.7 Å². The molecule has 0 aliphatic heterocycles. The molecular formula is C15H25N3. The van der Waals surface area contributed by atoms with Crippen molar-refractivity contribution in [2.24, 2.45) is 0 Å². The molecule has 1 aromatic heterocycles. The van der Waals surface area contributed by atoms with Crippen molar-refractivity contribution in [2.45, 2.75) is 33.2 Å². The third-order valence-corrected chi connectivity index (χ3v) is 3.08. The molecule has 0 saturated carbocycles. The van der Waals surface area contributed by atoms with E-state index in [2.05, 4.69) is 54.7 Å². The molecule has 1 aromatic rings. The molecule has 100 valence electrons. The summed E-state index contributed by atoms with van der Waals surface area (Å²) in [6.45, 7) is 13.0. The van der Waals surface area contributed by atoms with Gasteiger partial charge in [0, 0.05) is 19.1 Å². The quantitative estimate of drug-likeness (QED) is 0.715. The van der Waals surface area contributed by atoms with Crippen LogP contribution >= 0.6 is 0 Å². The summed E-state index contributed by atoms with van der Waals surface area (Å²) < 4.78 is 0. The molecular weight excluding hydrogens is 222 g/mol. The van der Waals surface area contributed by atoms with Gasteiger partial charge in [-0.15, -0.1) is 6.58 Å². The molecule has 1 atom stereocenters. The van der Waals surface area contributed by atoms with E-state index in [0.717, 1.165) is 37.4 Å². The fourth-order valence-corrected chi connectivity index (χ4v) is 2.07. The van der Waals surface area contributed by atoms with Gasteiger partial charge in [0.25, 0.3) is 0 Å². The Morgan fingerprint density at radius 3 is 2.61 bits per heavy atom. The standard InChI is InChI=1S/C15H25N3/c1-5-11-18(8-4)13-9-10-15(17-12-13)14(6-2)16-7-3/h5,9-10,12,14,16H,1,6-8,11H2,2-4H3. The summed E-state index contributed by atoms with van der Waals surface area (Å²) in [4.78, 5) is 6.83. The van der Waals surface area contributed by atoms with Gasteiger partial charge >= 0.3 is 0 Å². The SMILES string of the molecule is C=CCN(CC)c1ccc(C(CC)NCC)nc1. The molecule has 0 spiro atoms. The van der Waals surface area contributed by atoms with Crippen molar-refractivity contribution in [1.29, 1.82) is 0 Å². The molecule has 0 radical (unpaired) electrons. The van der Waals surface area contributed by atoms with Crippen molar-refractivity contribution >= 4 is 5.69 Å². The van der Waals surface area contributed by atoms with Crippen LogP contribution in [0.1, 0.15) is 38.9 Å². The van der Waals surface area contributed by atoms with Gasteiger partial charge in [-0.2, -0.15) is 0 Å². The molecule has 1 rings (SSSR count). The molecule has 0 bridgehead atoms. The van der Waals surface area contributed by atoms with Crippen molar-refractivity contribution in [1.82, 2.24) is 10.3 Å². The zero-order valence-electron chi connectivity index (χ0n) is 11.8. The van der Waals surface area contributed by atoms with Crippen LogP contribution in [0, 0.1) is 0 Å². The molecule has 1 unspecified atom stereocenters. The number of nitrogens with one attached hydrogen (secondary N) is 1. The molecule has 3 heteroatoms. The Bertz CT molecular complexity index is 345. The van der Waals surface area contributed by atoms with Crippen molar-refractivity contribution in [3.63, 3.8) is 0 Å². The van der Waals surface area contributed by atoms with Crippen LogP contribution < -0.4 is 10.2 Å². The smallest absolute Gasteiger partial charge is 0.0574 e. The minimum absolute atomic E-state index is 0.360. The van der Waals surface area contributed by atoms with E-state index in [1.807, 2.05) is 12.3 Å². The number of rotatable bonds is 8. The summed E-state index contributed by atoms with van der Waals surface area (Å²) in [6.07, 6.45) is 4.94. The average molecular weight is 247 g/mol. The third-order valence-electron chi connectivity index (χ3n) is 3.08. The molecule has 0 amide bonds. The van der Waals surface area contributed by atoms with E-state index >= 15 is 0 Å². The molecule has 1 N–H and O–H groups in total. The van der Waals surface area contributed by atoms with Crippen LogP contribution in [0.2, 0.25) is 0 Å². The highest BCUT2D eigenvalue weighted by Crippen LogP contribution is 2.18. The number of aromatic nitrogens is 1. The monoisotopic (exact) mass is 247 g/mol. The zero-order valence-corrected chi connectivity index (χ0v) is 11.8. The number of nitrogens with zero attached hydrogens (tertiary/aromatic N) is 2. The first kappa shape index (κ1) is 14.7. The van der Waals surface area contributed by atoms with Crippen LogP contribution in [-0.4, -0.2) is 24.6 Å². The van der Waals surface area contributed by atoms with Crippen LogP contribution in [-0.2, 0) is 0 Å². The minimum atomic E-state index is 0.360. The van der Waals surface area contributed by atoms with Crippen molar-refractivity contribution < 1.29 is 0 Å². The average Bonchev–Trinajstić information content (AvgIpc) is 2.42. The summed E-state index contributed by atoms with van der Waals surface area (Å²) >= 11 is 0. The first-order chi connectivity index (χ1) is 8.76. The van der Waals surface area contributed by atoms with Crippen LogP contribution in [0.4, 0.5) is 5.69 Å². The molecule has 18 heavy (non-hydrogen) atoms. The first-order valence-corrected chi connectivity index (χ1v) is 6.81. The fourth-order valence-electron chi connectivity index (χ4n) is 2.07. The maximum Gasteiger partial charge on any atom is 0.0574 e. The van der Waals surface area contributed by atoms with Gasteiger partial charge in [0.2, 0.25) is 0 Å². The molecule has 1 heterocycles. The maximum atomic E-state index is 4.58. The van der Waals surface area contributed by atoms with E-state index in [-0.39, 0.29) is 0 Å². The highest BCUT2D eigenvalue weighted by molar-refractivity contribution is 5.45.